The van der Waals surface area contributed by atoms with Crippen LogP contribution in [0.4, 0.5) is 0 Å². The second-order valence-corrected chi connectivity index (χ2v) is 5.77. The van der Waals surface area contributed by atoms with Crippen LogP contribution in [0.15, 0.2) is 42.5 Å². The van der Waals surface area contributed by atoms with Crippen molar-refractivity contribution in [3.63, 3.8) is 0 Å². The number of rotatable bonds is 6. The van der Waals surface area contributed by atoms with Crippen molar-refractivity contribution in [3.8, 4) is 0 Å². The Labute approximate surface area is 136 Å². The molecule has 0 bridgehead atoms. The SMILES string of the molecule is Cc1ccc(CCC(=O)NCc2cccc(C(N)=O)c2)c(C)c1. The smallest absolute Gasteiger partial charge is 0.248 e. The minimum atomic E-state index is -0.465. The van der Waals surface area contributed by atoms with Crippen LogP contribution in [-0.2, 0) is 17.8 Å². The molecule has 4 nitrogen and oxygen atoms in total. The van der Waals surface area contributed by atoms with Crippen LogP contribution in [0.3, 0.4) is 0 Å². The topological polar surface area (TPSA) is 72.2 Å². The van der Waals surface area contributed by atoms with E-state index in [1.165, 1.54) is 16.7 Å². The summed E-state index contributed by atoms with van der Waals surface area (Å²) in [5, 5.41) is 2.88. The van der Waals surface area contributed by atoms with Crippen LogP contribution in [0.25, 0.3) is 0 Å². The van der Waals surface area contributed by atoms with Crippen LogP contribution in [-0.4, -0.2) is 11.8 Å². The molecule has 0 radical (unpaired) electrons. The first-order valence-corrected chi connectivity index (χ1v) is 7.67. The molecule has 3 N–H and O–H groups in total. The lowest BCUT2D eigenvalue weighted by Gasteiger charge is -2.08. The van der Waals surface area contributed by atoms with Gasteiger partial charge in [0.25, 0.3) is 0 Å². The standard InChI is InChI=1S/C19H22N2O2/c1-13-6-7-16(14(2)10-13)8-9-18(22)21-12-15-4-3-5-17(11-15)19(20)23/h3-7,10-11H,8-9,12H2,1-2H3,(H2,20,23)(H,21,22). The molecule has 0 saturated carbocycles. The molecule has 2 aromatic rings. The van der Waals surface area contributed by atoms with E-state index in [4.69, 9.17) is 5.73 Å². The van der Waals surface area contributed by atoms with Crippen LogP contribution in [0.5, 0.6) is 0 Å². The van der Waals surface area contributed by atoms with E-state index < -0.39 is 5.91 Å². The lowest BCUT2D eigenvalue weighted by Crippen LogP contribution is -2.23. The number of hydrogen-bond acceptors (Lipinski definition) is 2. The summed E-state index contributed by atoms with van der Waals surface area (Å²) in [4.78, 5) is 23.1. The first-order valence-electron chi connectivity index (χ1n) is 7.67. The minimum Gasteiger partial charge on any atom is -0.366 e. The fraction of sp³-hybridized carbons (Fsp3) is 0.263. The van der Waals surface area contributed by atoms with Gasteiger partial charge in [-0.05, 0) is 49.1 Å². The van der Waals surface area contributed by atoms with Gasteiger partial charge in [0.2, 0.25) is 11.8 Å². The van der Waals surface area contributed by atoms with Gasteiger partial charge in [-0.1, -0.05) is 35.9 Å². The van der Waals surface area contributed by atoms with Gasteiger partial charge in [0.1, 0.15) is 0 Å². The average Bonchev–Trinajstić information content (AvgIpc) is 2.52. The Balaban J connectivity index is 1.85. The predicted molar refractivity (Wildman–Crippen MR) is 91.0 cm³/mol. The van der Waals surface area contributed by atoms with E-state index in [-0.39, 0.29) is 5.91 Å². The van der Waals surface area contributed by atoms with E-state index >= 15 is 0 Å². The first kappa shape index (κ1) is 16.7. The molecule has 0 saturated heterocycles. The van der Waals surface area contributed by atoms with E-state index in [1.807, 2.05) is 6.07 Å². The van der Waals surface area contributed by atoms with Crippen LogP contribution in [0, 0.1) is 13.8 Å². The van der Waals surface area contributed by atoms with Gasteiger partial charge in [-0.25, -0.2) is 0 Å². The van der Waals surface area contributed by atoms with Crippen LogP contribution in [0.1, 0.15) is 39.0 Å². The quantitative estimate of drug-likeness (QED) is 0.861. The van der Waals surface area contributed by atoms with Crippen molar-refractivity contribution in [1.29, 1.82) is 0 Å². The van der Waals surface area contributed by atoms with E-state index in [2.05, 4.69) is 37.4 Å². The number of carbonyl (C=O) groups is 2. The number of carbonyl (C=O) groups excluding carboxylic acids is 2. The summed E-state index contributed by atoms with van der Waals surface area (Å²) >= 11 is 0. The maximum absolute atomic E-state index is 12.0. The van der Waals surface area contributed by atoms with Gasteiger partial charge in [-0.15, -0.1) is 0 Å². The van der Waals surface area contributed by atoms with E-state index in [9.17, 15) is 9.59 Å². The van der Waals surface area contributed by atoms with Crippen LogP contribution >= 0.6 is 0 Å². The molecule has 120 valence electrons. The second kappa shape index (κ2) is 7.58. The number of hydrogen-bond donors (Lipinski definition) is 2. The van der Waals surface area contributed by atoms with Crippen molar-refractivity contribution in [2.45, 2.75) is 33.2 Å². The zero-order valence-electron chi connectivity index (χ0n) is 13.6. The molecule has 4 heteroatoms. The number of primary amides is 1. The molecule has 23 heavy (non-hydrogen) atoms. The van der Waals surface area contributed by atoms with Crippen molar-refractivity contribution in [2.75, 3.05) is 0 Å². The monoisotopic (exact) mass is 310 g/mol. The number of nitrogens with two attached hydrogens (primary N) is 1. The summed E-state index contributed by atoms with van der Waals surface area (Å²) in [7, 11) is 0. The summed E-state index contributed by atoms with van der Waals surface area (Å²) in [5.41, 5.74) is 10.2. The van der Waals surface area contributed by atoms with Crippen molar-refractivity contribution in [3.05, 3.63) is 70.3 Å². The lowest BCUT2D eigenvalue weighted by atomic mass is 10.0. The highest BCUT2D eigenvalue weighted by atomic mass is 16.1. The molecule has 0 aliphatic carbocycles. The van der Waals surface area contributed by atoms with Crippen molar-refractivity contribution >= 4 is 11.8 Å². The van der Waals surface area contributed by atoms with E-state index in [0.717, 1.165) is 12.0 Å². The first-order chi connectivity index (χ1) is 11.0. The normalized spacial score (nSPS) is 10.3. The molecule has 2 aromatic carbocycles. The summed E-state index contributed by atoms with van der Waals surface area (Å²) in [5.74, 6) is -0.470. The highest BCUT2D eigenvalue weighted by Gasteiger charge is 2.06. The molecule has 0 unspecified atom stereocenters. The van der Waals surface area contributed by atoms with Crippen LogP contribution < -0.4 is 11.1 Å². The Kier molecular flexibility index (Phi) is 5.52. The molecule has 2 rings (SSSR count). The third kappa shape index (κ3) is 4.95. The zero-order chi connectivity index (χ0) is 16.8. The molecular weight excluding hydrogens is 288 g/mol. The molecule has 0 heterocycles. The van der Waals surface area contributed by atoms with Gasteiger partial charge >= 0.3 is 0 Å². The Morgan fingerprint density at radius 2 is 1.87 bits per heavy atom. The Hall–Kier alpha value is -2.62. The molecular formula is C19H22N2O2. The predicted octanol–water partition coefficient (Wildman–Crippen LogP) is 2.65. The zero-order valence-corrected chi connectivity index (χ0v) is 13.6. The Morgan fingerprint density at radius 1 is 1.09 bits per heavy atom. The second-order valence-electron chi connectivity index (χ2n) is 5.77. The van der Waals surface area contributed by atoms with E-state index in [1.54, 1.807) is 18.2 Å². The fourth-order valence-corrected chi connectivity index (χ4v) is 2.50. The maximum atomic E-state index is 12.0. The third-order valence-electron chi connectivity index (χ3n) is 3.82. The highest BCUT2D eigenvalue weighted by Crippen LogP contribution is 2.12. The third-order valence-corrected chi connectivity index (χ3v) is 3.82. The largest absolute Gasteiger partial charge is 0.366 e. The van der Waals surface area contributed by atoms with Gasteiger partial charge in [-0.2, -0.15) is 0 Å². The van der Waals surface area contributed by atoms with Gasteiger partial charge in [0.05, 0.1) is 0 Å². The Morgan fingerprint density at radius 3 is 2.57 bits per heavy atom. The molecule has 0 aliphatic heterocycles. The molecule has 0 aromatic heterocycles. The van der Waals surface area contributed by atoms with Gasteiger partial charge in [-0.3, -0.25) is 9.59 Å². The van der Waals surface area contributed by atoms with Gasteiger partial charge in [0, 0.05) is 18.5 Å². The summed E-state index contributed by atoms with van der Waals surface area (Å²) in [6.07, 6.45) is 1.17. The average molecular weight is 310 g/mol. The molecule has 0 aliphatic rings. The Bertz CT molecular complexity index is 723. The molecule has 0 atom stereocenters. The lowest BCUT2D eigenvalue weighted by molar-refractivity contribution is -0.121. The number of aryl methyl sites for hydroxylation is 3. The van der Waals surface area contributed by atoms with Gasteiger partial charge in [0.15, 0.2) is 0 Å². The summed E-state index contributed by atoms with van der Waals surface area (Å²) in [6.45, 7) is 4.52. The highest BCUT2D eigenvalue weighted by molar-refractivity contribution is 5.92. The number of nitrogens with one attached hydrogen (secondary N) is 1. The molecule has 0 fully saturated rings. The van der Waals surface area contributed by atoms with E-state index in [0.29, 0.717) is 18.5 Å². The van der Waals surface area contributed by atoms with Crippen molar-refractivity contribution < 1.29 is 9.59 Å². The minimum absolute atomic E-state index is 0.00514. The number of amides is 2. The van der Waals surface area contributed by atoms with Crippen LogP contribution in [0.2, 0.25) is 0 Å². The molecule has 2 amide bonds. The van der Waals surface area contributed by atoms with Gasteiger partial charge < -0.3 is 11.1 Å². The van der Waals surface area contributed by atoms with Crippen molar-refractivity contribution in [2.24, 2.45) is 5.73 Å². The van der Waals surface area contributed by atoms with Crippen molar-refractivity contribution in [1.82, 2.24) is 5.32 Å². The fourth-order valence-electron chi connectivity index (χ4n) is 2.50. The molecule has 0 spiro atoms. The summed E-state index contributed by atoms with van der Waals surface area (Å²) in [6, 6.07) is 13.3. The summed E-state index contributed by atoms with van der Waals surface area (Å²) < 4.78 is 0. The number of benzene rings is 2. The maximum Gasteiger partial charge on any atom is 0.248 e.